The van der Waals surface area contributed by atoms with E-state index >= 15 is 0 Å². The van der Waals surface area contributed by atoms with E-state index in [1.807, 2.05) is 44.2 Å². The van der Waals surface area contributed by atoms with Gasteiger partial charge >= 0.3 is 5.97 Å². The number of hydrogen-bond acceptors (Lipinski definition) is 2. The van der Waals surface area contributed by atoms with E-state index in [2.05, 4.69) is 0 Å². The zero-order chi connectivity index (χ0) is 12.7. The van der Waals surface area contributed by atoms with Gasteiger partial charge in [-0.25, -0.2) is 0 Å². The molecule has 3 N–H and O–H groups in total. The molecule has 0 aromatic heterocycles. The summed E-state index contributed by atoms with van der Waals surface area (Å²) in [4.78, 5) is 11.6. The molecule has 0 radical (unpaired) electrons. The van der Waals surface area contributed by atoms with Crippen molar-refractivity contribution in [3.05, 3.63) is 35.9 Å². The predicted octanol–water partition coefficient (Wildman–Crippen LogP) is 2.16. The molecule has 0 saturated heterocycles. The molecule has 1 saturated carbocycles. The Labute approximate surface area is 102 Å². The van der Waals surface area contributed by atoms with Gasteiger partial charge in [0.1, 0.15) is 0 Å². The first-order valence-electron chi connectivity index (χ1n) is 5.95. The van der Waals surface area contributed by atoms with E-state index in [0.29, 0.717) is 12.8 Å². The number of hydrogen-bond donors (Lipinski definition) is 2. The molecule has 1 aromatic rings. The summed E-state index contributed by atoms with van der Waals surface area (Å²) in [5, 5.41) is 9.54. The Bertz CT molecular complexity index is 419. The molecule has 0 amide bonds. The van der Waals surface area contributed by atoms with Gasteiger partial charge in [0.05, 0.1) is 5.41 Å². The molecule has 3 nitrogen and oxygen atoms in total. The zero-order valence-electron chi connectivity index (χ0n) is 10.3. The minimum Gasteiger partial charge on any atom is -0.481 e. The zero-order valence-corrected chi connectivity index (χ0v) is 10.3. The van der Waals surface area contributed by atoms with Gasteiger partial charge < -0.3 is 10.8 Å². The van der Waals surface area contributed by atoms with E-state index < -0.39 is 16.8 Å². The first kappa shape index (κ1) is 12.1. The van der Waals surface area contributed by atoms with Crippen LogP contribution in [0.5, 0.6) is 0 Å². The summed E-state index contributed by atoms with van der Waals surface area (Å²) in [6.07, 6.45) is 1.12. The van der Waals surface area contributed by atoms with Gasteiger partial charge in [0.25, 0.3) is 0 Å². The maximum atomic E-state index is 11.6. The second-order valence-corrected chi connectivity index (χ2v) is 5.55. The summed E-state index contributed by atoms with van der Waals surface area (Å²) >= 11 is 0. The highest BCUT2D eigenvalue weighted by Gasteiger charge is 2.58. The molecule has 0 unspecified atom stereocenters. The van der Waals surface area contributed by atoms with Crippen LogP contribution < -0.4 is 5.73 Å². The minimum absolute atomic E-state index is 0.0223. The lowest BCUT2D eigenvalue weighted by Crippen LogP contribution is -2.60. The second-order valence-electron chi connectivity index (χ2n) is 5.55. The monoisotopic (exact) mass is 233 g/mol. The summed E-state index contributed by atoms with van der Waals surface area (Å²) in [7, 11) is 0. The summed E-state index contributed by atoms with van der Waals surface area (Å²) in [5.74, 6) is -0.729. The second kappa shape index (κ2) is 3.84. The van der Waals surface area contributed by atoms with Gasteiger partial charge in [0.15, 0.2) is 0 Å². The molecule has 0 bridgehead atoms. The smallest absolute Gasteiger partial charge is 0.310 e. The van der Waals surface area contributed by atoms with Gasteiger partial charge in [-0.2, -0.15) is 0 Å². The normalized spacial score (nSPS) is 28.5. The van der Waals surface area contributed by atoms with Crippen molar-refractivity contribution < 1.29 is 9.90 Å². The summed E-state index contributed by atoms with van der Waals surface area (Å²) in [5.41, 5.74) is 5.76. The van der Waals surface area contributed by atoms with Crippen LogP contribution in [0.2, 0.25) is 0 Å². The van der Waals surface area contributed by atoms with Gasteiger partial charge in [-0.05, 0) is 18.4 Å². The molecule has 17 heavy (non-hydrogen) atoms. The Balaban J connectivity index is 2.40. The van der Waals surface area contributed by atoms with Crippen molar-refractivity contribution in [1.29, 1.82) is 0 Å². The molecule has 1 aliphatic rings. The Kier molecular flexibility index (Phi) is 2.74. The van der Waals surface area contributed by atoms with Crippen LogP contribution in [0.4, 0.5) is 0 Å². The van der Waals surface area contributed by atoms with Crippen LogP contribution in [0.15, 0.2) is 30.3 Å². The Hall–Kier alpha value is -1.35. The maximum absolute atomic E-state index is 11.6. The van der Waals surface area contributed by atoms with Crippen LogP contribution in [0.25, 0.3) is 0 Å². The van der Waals surface area contributed by atoms with Crippen LogP contribution in [0.3, 0.4) is 0 Å². The third-order valence-corrected chi connectivity index (χ3v) is 4.32. The van der Waals surface area contributed by atoms with Crippen LogP contribution in [-0.4, -0.2) is 17.1 Å². The summed E-state index contributed by atoms with van der Waals surface area (Å²) < 4.78 is 0. The van der Waals surface area contributed by atoms with E-state index in [1.54, 1.807) is 0 Å². The van der Waals surface area contributed by atoms with E-state index in [-0.39, 0.29) is 6.04 Å². The molecule has 1 aliphatic carbocycles. The molecular weight excluding hydrogens is 214 g/mol. The molecular formula is C14H19NO2. The highest BCUT2D eigenvalue weighted by Crippen LogP contribution is 2.54. The lowest BCUT2D eigenvalue weighted by atomic mass is 9.50. The summed E-state index contributed by atoms with van der Waals surface area (Å²) in [6.45, 7) is 4.00. The fourth-order valence-electron chi connectivity index (χ4n) is 2.92. The number of benzene rings is 1. The SMILES string of the molecule is CC(C)(c1ccccc1)C1(C(=O)O)CC(N)C1. The number of carbonyl (C=O) groups is 1. The standard InChI is InChI=1S/C14H19NO2/c1-13(2,10-6-4-3-5-7-10)14(12(16)17)8-11(15)9-14/h3-7,11H,8-9,15H2,1-2H3,(H,16,17). The lowest BCUT2D eigenvalue weighted by molar-refractivity contribution is -0.162. The van der Waals surface area contributed by atoms with Gasteiger partial charge in [-0.15, -0.1) is 0 Å². The number of rotatable bonds is 3. The Morgan fingerprint density at radius 2 is 1.88 bits per heavy atom. The van der Waals surface area contributed by atoms with Gasteiger partial charge in [-0.3, -0.25) is 4.79 Å². The van der Waals surface area contributed by atoms with Crippen LogP contribution in [-0.2, 0) is 10.2 Å². The number of carboxylic acids is 1. The quantitative estimate of drug-likeness (QED) is 0.840. The molecule has 1 fully saturated rings. The van der Waals surface area contributed by atoms with Crippen LogP contribution in [0.1, 0.15) is 32.3 Å². The predicted molar refractivity (Wildman–Crippen MR) is 66.7 cm³/mol. The Morgan fingerprint density at radius 1 is 1.35 bits per heavy atom. The molecule has 0 atom stereocenters. The Morgan fingerprint density at radius 3 is 2.29 bits per heavy atom. The first-order valence-corrected chi connectivity index (χ1v) is 5.95. The first-order chi connectivity index (χ1) is 7.90. The average Bonchev–Trinajstić information content (AvgIpc) is 2.25. The van der Waals surface area contributed by atoms with Crippen LogP contribution in [0, 0.1) is 5.41 Å². The van der Waals surface area contributed by atoms with Crippen molar-refractivity contribution >= 4 is 5.97 Å². The fourth-order valence-corrected chi connectivity index (χ4v) is 2.92. The van der Waals surface area contributed by atoms with E-state index in [0.717, 1.165) is 5.56 Å². The van der Waals surface area contributed by atoms with E-state index in [9.17, 15) is 9.90 Å². The van der Waals surface area contributed by atoms with Crippen molar-refractivity contribution in [2.45, 2.75) is 38.1 Å². The number of aliphatic carboxylic acids is 1. The third-order valence-electron chi connectivity index (χ3n) is 4.32. The lowest BCUT2D eigenvalue weighted by Gasteiger charge is -2.53. The minimum atomic E-state index is -0.729. The third kappa shape index (κ3) is 1.65. The highest BCUT2D eigenvalue weighted by molar-refractivity contribution is 5.78. The van der Waals surface area contributed by atoms with Crippen molar-refractivity contribution in [2.24, 2.45) is 11.1 Å². The molecule has 0 aliphatic heterocycles. The van der Waals surface area contributed by atoms with Crippen molar-refractivity contribution in [3.63, 3.8) is 0 Å². The molecule has 3 heteroatoms. The maximum Gasteiger partial charge on any atom is 0.310 e. The molecule has 0 spiro atoms. The molecule has 2 rings (SSSR count). The number of carboxylic acid groups (broad SMARTS) is 1. The van der Waals surface area contributed by atoms with E-state index in [4.69, 9.17) is 5.73 Å². The van der Waals surface area contributed by atoms with E-state index in [1.165, 1.54) is 0 Å². The fraction of sp³-hybridized carbons (Fsp3) is 0.500. The summed E-state index contributed by atoms with van der Waals surface area (Å²) in [6, 6.07) is 9.85. The van der Waals surface area contributed by atoms with Gasteiger partial charge in [0.2, 0.25) is 0 Å². The number of nitrogens with two attached hydrogens (primary N) is 1. The molecule has 1 aromatic carbocycles. The topological polar surface area (TPSA) is 63.3 Å². The van der Waals surface area contributed by atoms with Gasteiger partial charge in [-0.1, -0.05) is 44.2 Å². The van der Waals surface area contributed by atoms with Crippen molar-refractivity contribution in [2.75, 3.05) is 0 Å². The van der Waals surface area contributed by atoms with Gasteiger partial charge in [0, 0.05) is 11.5 Å². The van der Waals surface area contributed by atoms with Crippen molar-refractivity contribution in [3.8, 4) is 0 Å². The molecule has 0 heterocycles. The van der Waals surface area contributed by atoms with Crippen LogP contribution >= 0.6 is 0 Å². The largest absolute Gasteiger partial charge is 0.481 e. The molecule has 92 valence electrons. The highest BCUT2D eigenvalue weighted by atomic mass is 16.4. The van der Waals surface area contributed by atoms with Crippen molar-refractivity contribution in [1.82, 2.24) is 0 Å². The average molecular weight is 233 g/mol.